The maximum atomic E-state index is 9.02. The molecular weight excluding hydrogens is 296 g/mol. The van der Waals surface area contributed by atoms with Gasteiger partial charge >= 0.3 is 0 Å². The number of nitrogens with zero attached hydrogens (tertiary/aromatic N) is 4. The third kappa shape index (κ3) is 4.01. The number of ether oxygens (including phenoxy) is 1. The van der Waals surface area contributed by atoms with E-state index >= 15 is 0 Å². The Balaban J connectivity index is 1.60. The summed E-state index contributed by atoms with van der Waals surface area (Å²) in [5.41, 5.74) is 6.87. The molecule has 1 unspecified atom stereocenters. The normalized spacial score (nSPS) is 22.5. The molecule has 128 valence electrons. The minimum absolute atomic E-state index is 0.201. The average molecular weight is 322 g/mol. The van der Waals surface area contributed by atoms with Crippen LogP contribution in [0.2, 0.25) is 0 Å². The van der Waals surface area contributed by atoms with Gasteiger partial charge in [-0.15, -0.1) is 0 Å². The Labute approximate surface area is 136 Å². The summed E-state index contributed by atoms with van der Waals surface area (Å²) < 4.78 is 5.61. The average Bonchev–Trinajstić information content (AvgIpc) is 3.09. The second-order valence-corrected chi connectivity index (χ2v) is 6.03. The number of nitrogens with two attached hydrogens (primary N) is 1. The van der Waals surface area contributed by atoms with E-state index in [0.29, 0.717) is 11.5 Å². The number of aromatic nitrogens is 2. The lowest BCUT2D eigenvalue weighted by atomic mass is 10.2. The van der Waals surface area contributed by atoms with E-state index in [2.05, 4.69) is 25.1 Å². The summed E-state index contributed by atoms with van der Waals surface area (Å²) in [5, 5.41) is 12.3. The molecule has 0 saturated carbocycles. The van der Waals surface area contributed by atoms with Crippen LogP contribution in [-0.2, 0) is 4.74 Å². The number of aliphatic hydroxyl groups excluding tert-OH is 1. The molecule has 0 radical (unpaired) electrons. The Morgan fingerprint density at radius 1 is 1.30 bits per heavy atom. The summed E-state index contributed by atoms with van der Waals surface area (Å²) in [6, 6.07) is 0. The van der Waals surface area contributed by atoms with E-state index in [1.807, 2.05) is 0 Å². The van der Waals surface area contributed by atoms with Crippen LogP contribution < -0.4 is 16.0 Å². The van der Waals surface area contributed by atoms with Crippen molar-refractivity contribution in [1.29, 1.82) is 0 Å². The van der Waals surface area contributed by atoms with Crippen LogP contribution in [0.3, 0.4) is 0 Å². The van der Waals surface area contributed by atoms with Crippen LogP contribution in [0, 0.1) is 0 Å². The lowest BCUT2D eigenvalue weighted by Gasteiger charge is -2.35. The fourth-order valence-electron chi connectivity index (χ4n) is 3.12. The molecule has 3 rings (SSSR count). The van der Waals surface area contributed by atoms with Gasteiger partial charge in [-0.25, -0.2) is 9.97 Å². The number of rotatable bonds is 6. The first kappa shape index (κ1) is 16.2. The fourth-order valence-corrected chi connectivity index (χ4v) is 3.12. The summed E-state index contributed by atoms with van der Waals surface area (Å²) in [6.07, 6.45) is 4.01. The minimum atomic E-state index is 0.201. The lowest BCUT2D eigenvalue weighted by molar-refractivity contribution is 0.120. The molecule has 1 atom stereocenters. The van der Waals surface area contributed by atoms with Crippen molar-refractivity contribution in [3.05, 3.63) is 6.33 Å². The van der Waals surface area contributed by atoms with Gasteiger partial charge in [0.05, 0.1) is 12.7 Å². The maximum absolute atomic E-state index is 9.02. The molecule has 0 amide bonds. The van der Waals surface area contributed by atoms with Crippen LogP contribution in [0.25, 0.3) is 0 Å². The number of nitrogens with one attached hydrogen (secondary N) is 1. The summed E-state index contributed by atoms with van der Waals surface area (Å²) in [5.74, 6) is 1.47. The molecule has 1 aromatic heterocycles. The number of hydrogen-bond acceptors (Lipinski definition) is 8. The molecular formula is C15H26N6O2. The van der Waals surface area contributed by atoms with Gasteiger partial charge in [-0.1, -0.05) is 0 Å². The highest BCUT2D eigenvalue weighted by Crippen LogP contribution is 2.27. The van der Waals surface area contributed by atoms with Crippen molar-refractivity contribution in [2.75, 3.05) is 68.4 Å². The third-order valence-electron chi connectivity index (χ3n) is 4.47. The van der Waals surface area contributed by atoms with Crippen molar-refractivity contribution in [2.45, 2.75) is 18.9 Å². The Bertz CT molecular complexity index is 501. The van der Waals surface area contributed by atoms with Gasteiger partial charge in [0.2, 0.25) is 0 Å². The lowest BCUT2D eigenvalue weighted by Crippen LogP contribution is -2.47. The highest BCUT2D eigenvalue weighted by Gasteiger charge is 2.21. The van der Waals surface area contributed by atoms with Crippen molar-refractivity contribution in [3.63, 3.8) is 0 Å². The number of β-amino-alcohol motifs (C(OH)–C–C–N with tert-alkyl or cyclic N) is 1. The summed E-state index contributed by atoms with van der Waals surface area (Å²) >= 11 is 0. The van der Waals surface area contributed by atoms with Crippen LogP contribution in [0.1, 0.15) is 12.8 Å². The first-order chi connectivity index (χ1) is 11.3. The monoisotopic (exact) mass is 322 g/mol. The zero-order valence-corrected chi connectivity index (χ0v) is 13.4. The maximum Gasteiger partial charge on any atom is 0.157 e. The highest BCUT2D eigenvalue weighted by molar-refractivity contribution is 5.75. The van der Waals surface area contributed by atoms with Crippen LogP contribution >= 0.6 is 0 Å². The van der Waals surface area contributed by atoms with Crippen molar-refractivity contribution >= 4 is 17.3 Å². The molecule has 2 saturated heterocycles. The molecule has 0 spiro atoms. The topological polar surface area (TPSA) is 99.8 Å². The predicted molar refractivity (Wildman–Crippen MR) is 89.6 cm³/mol. The van der Waals surface area contributed by atoms with Crippen molar-refractivity contribution in [3.8, 4) is 0 Å². The Kier molecular flexibility index (Phi) is 5.47. The van der Waals surface area contributed by atoms with Crippen LogP contribution in [-0.4, -0.2) is 78.6 Å². The van der Waals surface area contributed by atoms with Gasteiger partial charge in [0.1, 0.15) is 12.0 Å². The van der Waals surface area contributed by atoms with Gasteiger partial charge in [-0.2, -0.15) is 0 Å². The zero-order chi connectivity index (χ0) is 16.1. The van der Waals surface area contributed by atoms with Crippen LogP contribution in [0.4, 0.5) is 17.3 Å². The molecule has 0 bridgehead atoms. The fraction of sp³-hybridized carbons (Fsp3) is 0.733. The first-order valence-electron chi connectivity index (χ1n) is 8.32. The first-order valence-corrected chi connectivity index (χ1v) is 8.32. The molecule has 4 N–H and O–H groups in total. The van der Waals surface area contributed by atoms with E-state index in [1.54, 1.807) is 6.33 Å². The molecule has 0 aliphatic carbocycles. The molecule has 1 aromatic rings. The van der Waals surface area contributed by atoms with E-state index in [9.17, 15) is 0 Å². The number of aliphatic hydroxyl groups is 1. The molecule has 2 aliphatic rings. The molecule has 8 heteroatoms. The molecule has 3 heterocycles. The van der Waals surface area contributed by atoms with Crippen molar-refractivity contribution in [1.82, 2.24) is 14.9 Å². The Hall–Kier alpha value is -1.64. The number of nitrogen functional groups attached to an aromatic ring is 1. The minimum Gasteiger partial charge on any atom is -0.395 e. The van der Waals surface area contributed by atoms with E-state index in [1.165, 1.54) is 0 Å². The second kappa shape index (κ2) is 7.76. The smallest absolute Gasteiger partial charge is 0.157 e. The summed E-state index contributed by atoms with van der Waals surface area (Å²) in [7, 11) is 0. The Morgan fingerprint density at radius 3 is 2.83 bits per heavy atom. The largest absolute Gasteiger partial charge is 0.395 e. The SMILES string of the molecule is Nc1c(NCC2CCCO2)ncnc1N1CCN(CCO)CC1. The van der Waals surface area contributed by atoms with Crippen molar-refractivity contribution < 1.29 is 9.84 Å². The highest BCUT2D eigenvalue weighted by atomic mass is 16.5. The molecule has 2 aliphatic heterocycles. The van der Waals surface area contributed by atoms with Gasteiger partial charge in [0, 0.05) is 45.9 Å². The second-order valence-electron chi connectivity index (χ2n) is 6.03. The van der Waals surface area contributed by atoms with Gasteiger partial charge in [0.25, 0.3) is 0 Å². The van der Waals surface area contributed by atoms with Crippen LogP contribution in [0.15, 0.2) is 6.33 Å². The Morgan fingerprint density at radius 2 is 2.13 bits per heavy atom. The summed E-state index contributed by atoms with van der Waals surface area (Å²) in [4.78, 5) is 13.1. The van der Waals surface area contributed by atoms with Gasteiger partial charge in [0.15, 0.2) is 11.6 Å². The van der Waals surface area contributed by atoms with E-state index in [-0.39, 0.29) is 12.7 Å². The van der Waals surface area contributed by atoms with Gasteiger partial charge in [-0.05, 0) is 12.8 Å². The molecule has 23 heavy (non-hydrogen) atoms. The van der Waals surface area contributed by atoms with Gasteiger partial charge in [-0.3, -0.25) is 4.90 Å². The molecule has 2 fully saturated rings. The van der Waals surface area contributed by atoms with Crippen LogP contribution in [0.5, 0.6) is 0 Å². The van der Waals surface area contributed by atoms with E-state index < -0.39 is 0 Å². The zero-order valence-electron chi connectivity index (χ0n) is 13.4. The van der Waals surface area contributed by atoms with Gasteiger partial charge < -0.3 is 25.8 Å². The number of hydrogen-bond donors (Lipinski definition) is 3. The number of anilines is 3. The van der Waals surface area contributed by atoms with E-state index in [4.69, 9.17) is 15.6 Å². The van der Waals surface area contributed by atoms with E-state index in [0.717, 1.165) is 64.5 Å². The standard InChI is InChI=1S/C15H26N6O2/c16-13-14(17-10-12-2-1-9-23-12)18-11-19-15(13)21-5-3-20(4-6-21)7-8-22/h11-12,22H,1-10,16H2,(H,17,18,19). The number of piperazine rings is 1. The quantitative estimate of drug-likeness (QED) is 0.660. The third-order valence-corrected chi connectivity index (χ3v) is 4.47. The van der Waals surface area contributed by atoms with Crippen molar-refractivity contribution in [2.24, 2.45) is 0 Å². The molecule has 8 nitrogen and oxygen atoms in total. The predicted octanol–water partition coefficient (Wildman–Crippen LogP) is -0.236. The summed E-state index contributed by atoms with van der Waals surface area (Å²) in [6.45, 7) is 6.01. The molecule has 0 aromatic carbocycles.